The molecular formula is C16H25N7O. The SMILES string of the molecule is Cc1c(NC(=O)Nc2ncn(C(C)(C)C)n2)cnn1C1CCCC1. The van der Waals surface area contributed by atoms with Gasteiger partial charge in [0.1, 0.15) is 6.33 Å². The van der Waals surface area contributed by atoms with Gasteiger partial charge < -0.3 is 5.32 Å². The highest BCUT2D eigenvalue weighted by atomic mass is 16.2. The summed E-state index contributed by atoms with van der Waals surface area (Å²) < 4.78 is 3.74. The molecular weight excluding hydrogens is 306 g/mol. The van der Waals surface area contributed by atoms with Gasteiger partial charge in [0, 0.05) is 0 Å². The Labute approximate surface area is 141 Å². The molecule has 8 nitrogen and oxygen atoms in total. The molecule has 0 radical (unpaired) electrons. The van der Waals surface area contributed by atoms with Crippen LogP contribution in [0.15, 0.2) is 12.5 Å². The van der Waals surface area contributed by atoms with E-state index in [9.17, 15) is 4.79 Å². The number of urea groups is 1. The van der Waals surface area contributed by atoms with E-state index < -0.39 is 0 Å². The second-order valence-corrected chi connectivity index (χ2v) is 7.29. The summed E-state index contributed by atoms with van der Waals surface area (Å²) in [5.74, 6) is 0.281. The molecule has 0 aliphatic heterocycles. The number of hydrogen-bond donors (Lipinski definition) is 2. The van der Waals surface area contributed by atoms with E-state index in [2.05, 4.69) is 25.8 Å². The average molecular weight is 331 g/mol. The van der Waals surface area contributed by atoms with E-state index in [1.807, 2.05) is 32.4 Å². The van der Waals surface area contributed by atoms with Crippen LogP contribution in [0.3, 0.4) is 0 Å². The summed E-state index contributed by atoms with van der Waals surface area (Å²) in [6.07, 6.45) is 8.11. The van der Waals surface area contributed by atoms with Crippen molar-refractivity contribution in [2.75, 3.05) is 10.6 Å². The van der Waals surface area contributed by atoms with Gasteiger partial charge in [-0.2, -0.15) is 5.10 Å². The molecule has 1 saturated carbocycles. The van der Waals surface area contributed by atoms with E-state index in [0.717, 1.165) is 24.2 Å². The number of nitrogens with one attached hydrogen (secondary N) is 2. The van der Waals surface area contributed by atoms with E-state index in [0.29, 0.717) is 6.04 Å². The first kappa shape index (κ1) is 16.5. The molecule has 0 aromatic carbocycles. The Morgan fingerprint density at radius 2 is 1.96 bits per heavy atom. The molecule has 0 spiro atoms. The van der Waals surface area contributed by atoms with Crippen LogP contribution in [-0.2, 0) is 5.54 Å². The summed E-state index contributed by atoms with van der Waals surface area (Å²) in [5.41, 5.74) is 1.52. The van der Waals surface area contributed by atoms with Gasteiger partial charge in [0.2, 0.25) is 5.95 Å². The number of amides is 2. The summed E-state index contributed by atoms with van der Waals surface area (Å²) in [5, 5.41) is 14.2. The molecule has 0 bridgehead atoms. The largest absolute Gasteiger partial charge is 0.326 e. The van der Waals surface area contributed by atoms with Crippen LogP contribution < -0.4 is 10.6 Å². The summed E-state index contributed by atoms with van der Waals surface area (Å²) >= 11 is 0. The van der Waals surface area contributed by atoms with Crippen molar-refractivity contribution in [3.05, 3.63) is 18.2 Å². The van der Waals surface area contributed by atoms with Gasteiger partial charge in [-0.15, -0.1) is 5.10 Å². The molecule has 3 rings (SSSR count). The normalized spacial score (nSPS) is 15.7. The van der Waals surface area contributed by atoms with Crippen LogP contribution in [0.25, 0.3) is 0 Å². The molecule has 8 heteroatoms. The predicted molar refractivity (Wildman–Crippen MR) is 92.1 cm³/mol. The minimum Gasteiger partial charge on any atom is -0.304 e. The third kappa shape index (κ3) is 3.42. The Morgan fingerprint density at radius 1 is 1.25 bits per heavy atom. The third-order valence-corrected chi connectivity index (χ3v) is 4.37. The Kier molecular flexibility index (Phi) is 4.29. The van der Waals surface area contributed by atoms with Gasteiger partial charge in [-0.1, -0.05) is 12.8 Å². The van der Waals surface area contributed by atoms with Crippen LogP contribution in [0.1, 0.15) is 58.2 Å². The van der Waals surface area contributed by atoms with Crippen molar-refractivity contribution in [1.82, 2.24) is 24.5 Å². The van der Waals surface area contributed by atoms with Crippen LogP contribution in [0.4, 0.5) is 16.4 Å². The van der Waals surface area contributed by atoms with Crippen molar-refractivity contribution in [2.45, 2.75) is 65.0 Å². The molecule has 24 heavy (non-hydrogen) atoms. The lowest BCUT2D eigenvalue weighted by Crippen LogP contribution is -2.24. The maximum Gasteiger partial charge on any atom is 0.326 e. The molecule has 1 aliphatic rings. The molecule has 130 valence electrons. The zero-order chi connectivity index (χ0) is 17.3. The topological polar surface area (TPSA) is 89.7 Å². The number of hydrogen-bond acceptors (Lipinski definition) is 4. The number of nitrogens with zero attached hydrogens (tertiary/aromatic N) is 5. The maximum atomic E-state index is 12.2. The Morgan fingerprint density at radius 3 is 2.58 bits per heavy atom. The smallest absolute Gasteiger partial charge is 0.304 e. The van der Waals surface area contributed by atoms with Crippen LogP contribution in [0.5, 0.6) is 0 Å². The maximum absolute atomic E-state index is 12.2. The lowest BCUT2D eigenvalue weighted by atomic mass is 10.1. The van der Waals surface area contributed by atoms with Crippen LogP contribution in [0, 0.1) is 6.92 Å². The molecule has 2 aromatic rings. The van der Waals surface area contributed by atoms with E-state index in [4.69, 9.17) is 0 Å². The summed E-state index contributed by atoms with van der Waals surface area (Å²) in [4.78, 5) is 16.3. The number of aromatic nitrogens is 5. The van der Waals surface area contributed by atoms with Crippen molar-refractivity contribution in [1.29, 1.82) is 0 Å². The first-order chi connectivity index (χ1) is 11.3. The van der Waals surface area contributed by atoms with Crippen molar-refractivity contribution in [3.63, 3.8) is 0 Å². The quantitative estimate of drug-likeness (QED) is 0.903. The fourth-order valence-corrected chi connectivity index (χ4v) is 2.96. The van der Waals surface area contributed by atoms with Crippen molar-refractivity contribution < 1.29 is 4.79 Å². The van der Waals surface area contributed by atoms with E-state index >= 15 is 0 Å². The predicted octanol–water partition coefficient (Wildman–Crippen LogP) is 3.30. The van der Waals surface area contributed by atoms with Gasteiger partial charge in [0.15, 0.2) is 0 Å². The first-order valence-corrected chi connectivity index (χ1v) is 8.39. The van der Waals surface area contributed by atoms with Gasteiger partial charge in [0.05, 0.1) is 29.2 Å². The molecule has 0 atom stereocenters. The molecule has 2 amide bonds. The summed E-state index contributed by atoms with van der Waals surface area (Å²) in [6, 6.07) is 0.0866. The molecule has 1 aliphatic carbocycles. The second-order valence-electron chi connectivity index (χ2n) is 7.29. The lowest BCUT2D eigenvalue weighted by molar-refractivity contribution is 0.262. The Bertz CT molecular complexity index is 719. The number of rotatable bonds is 3. The molecule has 2 N–H and O–H groups in total. The molecule has 0 saturated heterocycles. The Hall–Kier alpha value is -2.38. The second kappa shape index (κ2) is 6.26. The van der Waals surface area contributed by atoms with Crippen LogP contribution in [0.2, 0.25) is 0 Å². The summed E-state index contributed by atoms with van der Waals surface area (Å²) in [6.45, 7) is 8.04. The minimum absolute atomic E-state index is 0.178. The van der Waals surface area contributed by atoms with Gasteiger partial charge in [-0.3, -0.25) is 10.00 Å². The fourth-order valence-electron chi connectivity index (χ4n) is 2.96. The van der Waals surface area contributed by atoms with E-state index in [1.54, 1.807) is 17.2 Å². The number of anilines is 2. The molecule has 2 heterocycles. The standard InChI is InChI=1S/C16H25N7O/c1-11-13(9-18-23(11)12-7-5-6-8-12)19-15(24)20-14-17-10-22(21-14)16(2,3)4/h9-10,12H,5-8H2,1-4H3,(H2,19,20,21,24). The third-order valence-electron chi connectivity index (χ3n) is 4.37. The molecule has 2 aromatic heterocycles. The zero-order valence-electron chi connectivity index (χ0n) is 14.7. The highest BCUT2D eigenvalue weighted by molar-refractivity contribution is 5.98. The van der Waals surface area contributed by atoms with Crippen molar-refractivity contribution in [3.8, 4) is 0 Å². The minimum atomic E-state index is -0.365. The first-order valence-electron chi connectivity index (χ1n) is 8.39. The number of carbonyl (C=O) groups excluding carboxylic acids is 1. The van der Waals surface area contributed by atoms with Crippen molar-refractivity contribution >= 4 is 17.7 Å². The average Bonchev–Trinajstić information content (AvgIpc) is 3.20. The van der Waals surface area contributed by atoms with E-state index in [1.165, 1.54) is 12.8 Å². The summed E-state index contributed by atoms with van der Waals surface area (Å²) in [7, 11) is 0. The molecule has 0 unspecified atom stereocenters. The van der Waals surface area contributed by atoms with Crippen molar-refractivity contribution in [2.24, 2.45) is 0 Å². The van der Waals surface area contributed by atoms with E-state index in [-0.39, 0.29) is 17.5 Å². The number of carbonyl (C=O) groups is 1. The fraction of sp³-hybridized carbons (Fsp3) is 0.625. The Balaban J connectivity index is 1.64. The highest BCUT2D eigenvalue weighted by Crippen LogP contribution is 2.31. The van der Waals surface area contributed by atoms with Gasteiger partial charge in [-0.25, -0.2) is 14.5 Å². The monoisotopic (exact) mass is 331 g/mol. The highest BCUT2D eigenvalue weighted by Gasteiger charge is 2.21. The van der Waals surface area contributed by atoms with Gasteiger partial charge in [-0.05, 0) is 40.5 Å². The molecule has 1 fully saturated rings. The van der Waals surface area contributed by atoms with Crippen LogP contribution in [-0.4, -0.2) is 30.6 Å². The van der Waals surface area contributed by atoms with Crippen LogP contribution >= 0.6 is 0 Å². The zero-order valence-corrected chi connectivity index (χ0v) is 14.7. The van der Waals surface area contributed by atoms with Gasteiger partial charge >= 0.3 is 6.03 Å². The van der Waals surface area contributed by atoms with Gasteiger partial charge in [0.25, 0.3) is 0 Å². The lowest BCUT2D eigenvalue weighted by Gasteiger charge is -2.17.